The Morgan fingerprint density at radius 1 is 1.20 bits per heavy atom. The highest BCUT2D eigenvalue weighted by Gasteiger charge is 2.28. The minimum atomic E-state index is -1.92. The average Bonchev–Trinajstić information content (AvgIpc) is 2.42. The van der Waals surface area contributed by atoms with Crippen molar-refractivity contribution in [2.45, 2.75) is 6.42 Å². The van der Waals surface area contributed by atoms with Gasteiger partial charge in [0.1, 0.15) is 11.3 Å². The predicted molar refractivity (Wildman–Crippen MR) is 65.8 cm³/mol. The molecule has 1 aromatic rings. The van der Waals surface area contributed by atoms with Crippen LogP contribution >= 0.6 is 15.9 Å². The first kappa shape index (κ1) is 16.3. The monoisotopic (exact) mass is 354 g/mol. The maximum absolute atomic E-state index is 13.6. The van der Waals surface area contributed by atoms with Crippen LogP contribution in [0.5, 0.6) is 0 Å². The maximum atomic E-state index is 13.6. The Balaban J connectivity index is 3.28. The molecule has 0 aliphatic rings. The molecule has 1 rings (SSSR count). The van der Waals surface area contributed by atoms with Crippen LogP contribution in [0.3, 0.4) is 0 Å². The molecule has 0 atom stereocenters. The van der Waals surface area contributed by atoms with E-state index in [0.29, 0.717) is 11.8 Å². The van der Waals surface area contributed by atoms with Gasteiger partial charge in [0.25, 0.3) is 5.91 Å². The van der Waals surface area contributed by atoms with Crippen molar-refractivity contribution in [1.29, 1.82) is 0 Å². The van der Waals surface area contributed by atoms with Gasteiger partial charge in [-0.15, -0.1) is 0 Å². The number of benzene rings is 1. The summed E-state index contributed by atoms with van der Waals surface area (Å²) < 4.78 is 53.9. The number of nitrogens with zero attached hydrogens (tertiary/aromatic N) is 3. The van der Waals surface area contributed by atoms with Gasteiger partial charge in [0.2, 0.25) is 0 Å². The summed E-state index contributed by atoms with van der Waals surface area (Å²) in [5.41, 5.74) is 5.21. The molecule has 0 unspecified atom stereocenters. The number of carbonyl (C=O) groups excluding carboxylic acids is 1. The van der Waals surface area contributed by atoms with Gasteiger partial charge in [-0.1, -0.05) is 21.0 Å². The van der Waals surface area contributed by atoms with Crippen LogP contribution < -0.4 is 5.32 Å². The molecule has 20 heavy (non-hydrogen) atoms. The highest BCUT2D eigenvalue weighted by atomic mass is 79.9. The van der Waals surface area contributed by atoms with Crippen molar-refractivity contribution in [3.8, 4) is 0 Å². The fourth-order valence-electron chi connectivity index (χ4n) is 1.31. The normalized spacial score (nSPS) is 10.1. The van der Waals surface area contributed by atoms with Crippen molar-refractivity contribution in [2.24, 2.45) is 5.11 Å². The fourth-order valence-corrected chi connectivity index (χ4v) is 1.59. The molecule has 0 heterocycles. The summed E-state index contributed by atoms with van der Waals surface area (Å²) in [6, 6.07) is 0. The summed E-state index contributed by atoms with van der Waals surface area (Å²) in [4.78, 5) is 13.5. The van der Waals surface area contributed by atoms with E-state index in [1.165, 1.54) is 0 Å². The molecule has 5 nitrogen and oxygen atoms in total. The lowest BCUT2D eigenvalue weighted by atomic mass is 10.1. The van der Waals surface area contributed by atoms with Crippen LogP contribution in [0.25, 0.3) is 10.4 Å². The minimum absolute atomic E-state index is 0.0598. The number of azide groups is 1. The third kappa shape index (κ3) is 3.20. The number of carbonyl (C=O) groups is 1. The Labute approximate surface area is 118 Å². The summed E-state index contributed by atoms with van der Waals surface area (Å²) in [5, 5.41) is 5.14. The molecule has 0 bridgehead atoms. The molecule has 0 saturated heterocycles. The molecule has 0 aliphatic carbocycles. The molecule has 108 valence electrons. The largest absolute Gasteiger partial charge is 0.352 e. The molecule has 10 heteroatoms. The van der Waals surface area contributed by atoms with Crippen LogP contribution in [-0.4, -0.2) is 17.8 Å². The van der Waals surface area contributed by atoms with Gasteiger partial charge in [-0.2, -0.15) is 0 Å². The zero-order valence-corrected chi connectivity index (χ0v) is 11.3. The Morgan fingerprint density at radius 2 is 1.75 bits per heavy atom. The second-order valence-corrected chi connectivity index (χ2v) is 4.26. The van der Waals surface area contributed by atoms with Gasteiger partial charge in [-0.3, -0.25) is 4.79 Å². The first-order chi connectivity index (χ1) is 9.45. The third-order valence-corrected chi connectivity index (χ3v) is 2.77. The van der Waals surface area contributed by atoms with E-state index in [4.69, 9.17) is 5.53 Å². The molecule has 1 aromatic carbocycles. The lowest BCUT2D eigenvalue weighted by Gasteiger charge is -2.09. The standard InChI is InChI=1S/C10H7BrF4N4O/c11-2-1-3-17-10(20)4-5(12)7(14)9(18-19-16)8(15)6(4)13/h1-3H2,(H,17,20). The van der Waals surface area contributed by atoms with Crippen LogP contribution in [0.1, 0.15) is 16.8 Å². The third-order valence-electron chi connectivity index (χ3n) is 2.21. The predicted octanol–water partition coefficient (Wildman–Crippen LogP) is 3.70. The van der Waals surface area contributed by atoms with Crippen LogP contribution in [0, 0.1) is 23.3 Å². The molecule has 0 radical (unpaired) electrons. The van der Waals surface area contributed by atoms with E-state index >= 15 is 0 Å². The van der Waals surface area contributed by atoms with Crippen LogP contribution in [0.15, 0.2) is 5.11 Å². The highest BCUT2D eigenvalue weighted by Crippen LogP contribution is 2.30. The molecule has 0 fully saturated rings. The lowest BCUT2D eigenvalue weighted by Crippen LogP contribution is -2.27. The van der Waals surface area contributed by atoms with Gasteiger partial charge in [0, 0.05) is 16.8 Å². The Kier molecular flexibility index (Phi) is 5.78. The van der Waals surface area contributed by atoms with Crippen molar-refractivity contribution in [3.63, 3.8) is 0 Å². The summed E-state index contributed by atoms with van der Waals surface area (Å²) in [5.74, 6) is -8.98. The smallest absolute Gasteiger partial charge is 0.257 e. The quantitative estimate of drug-likeness (QED) is 0.163. The number of nitrogens with one attached hydrogen (secondary N) is 1. The van der Waals surface area contributed by atoms with E-state index in [0.717, 1.165) is 0 Å². The van der Waals surface area contributed by atoms with Gasteiger partial charge in [0.05, 0.1) is 0 Å². The molecular weight excluding hydrogens is 348 g/mol. The Hall–Kier alpha value is -1.80. The van der Waals surface area contributed by atoms with Gasteiger partial charge in [-0.25, -0.2) is 17.6 Å². The van der Waals surface area contributed by atoms with Crippen molar-refractivity contribution >= 4 is 27.5 Å². The summed E-state index contributed by atoms with van der Waals surface area (Å²) >= 11 is 3.07. The van der Waals surface area contributed by atoms with Crippen molar-refractivity contribution in [3.05, 3.63) is 39.3 Å². The Morgan fingerprint density at radius 3 is 2.20 bits per heavy atom. The fraction of sp³-hybridized carbons (Fsp3) is 0.300. The van der Waals surface area contributed by atoms with Crippen molar-refractivity contribution in [2.75, 3.05) is 11.9 Å². The molecule has 0 saturated carbocycles. The zero-order valence-electron chi connectivity index (χ0n) is 9.76. The second kappa shape index (κ2) is 7.11. The van der Waals surface area contributed by atoms with Crippen molar-refractivity contribution < 1.29 is 22.4 Å². The van der Waals surface area contributed by atoms with Crippen LogP contribution in [-0.2, 0) is 0 Å². The first-order valence-corrected chi connectivity index (χ1v) is 6.33. The SMILES string of the molecule is [N-]=[N+]=Nc1c(F)c(F)c(C(=O)NCCCBr)c(F)c1F. The second-order valence-electron chi connectivity index (χ2n) is 3.47. The number of halogens is 5. The van der Waals surface area contributed by atoms with E-state index in [1.807, 2.05) is 0 Å². The van der Waals surface area contributed by atoms with Crippen LogP contribution in [0.4, 0.5) is 23.2 Å². The van der Waals surface area contributed by atoms with E-state index < -0.39 is 40.4 Å². The van der Waals surface area contributed by atoms with Gasteiger partial charge < -0.3 is 5.32 Å². The number of rotatable bonds is 5. The van der Waals surface area contributed by atoms with E-state index in [1.54, 1.807) is 0 Å². The topological polar surface area (TPSA) is 77.9 Å². The number of hydrogen-bond donors (Lipinski definition) is 1. The lowest BCUT2D eigenvalue weighted by molar-refractivity contribution is 0.0943. The number of hydrogen-bond acceptors (Lipinski definition) is 2. The number of alkyl halides is 1. The molecular formula is C10H7BrF4N4O. The highest BCUT2D eigenvalue weighted by molar-refractivity contribution is 9.09. The molecule has 1 N–H and O–H groups in total. The molecule has 0 aliphatic heterocycles. The molecule has 0 spiro atoms. The van der Waals surface area contributed by atoms with E-state index in [2.05, 4.69) is 31.3 Å². The molecule has 0 aromatic heterocycles. The van der Waals surface area contributed by atoms with Crippen molar-refractivity contribution in [1.82, 2.24) is 5.32 Å². The minimum Gasteiger partial charge on any atom is -0.352 e. The summed E-state index contributed by atoms with van der Waals surface area (Å²) in [6.07, 6.45) is 0.455. The average molecular weight is 355 g/mol. The zero-order chi connectivity index (χ0) is 15.3. The Bertz CT molecular complexity index is 560. The van der Waals surface area contributed by atoms with Gasteiger partial charge in [-0.05, 0) is 12.0 Å². The maximum Gasteiger partial charge on any atom is 0.257 e. The summed E-state index contributed by atoms with van der Waals surface area (Å²) in [7, 11) is 0. The number of amides is 1. The van der Waals surface area contributed by atoms with E-state index in [9.17, 15) is 22.4 Å². The summed E-state index contributed by atoms with van der Waals surface area (Å²) in [6.45, 7) is 0.0598. The van der Waals surface area contributed by atoms with Gasteiger partial charge in [0.15, 0.2) is 23.3 Å². The van der Waals surface area contributed by atoms with E-state index in [-0.39, 0.29) is 6.54 Å². The van der Waals surface area contributed by atoms with Crippen LogP contribution in [0.2, 0.25) is 0 Å². The first-order valence-electron chi connectivity index (χ1n) is 5.20. The molecule has 1 amide bonds. The van der Waals surface area contributed by atoms with Gasteiger partial charge >= 0.3 is 0 Å².